The van der Waals surface area contributed by atoms with E-state index in [2.05, 4.69) is 65.3 Å². The van der Waals surface area contributed by atoms with Gasteiger partial charge >= 0.3 is 29.8 Å². The van der Waals surface area contributed by atoms with Crippen LogP contribution in [0.3, 0.4) is 0 Å². The van der Waals surface area contributed by atoms with Crippen molar-refractivity contribution in [2.45, 2.75) is 89.8 Å². The third-order valence-corrected chi connectivity index (χ3v) is 11.7. The Balaban J connectivity index is 0.000000480. The van der Waals surface area contributed by atoms with E-state index in [0.29, 0.717) is 23.0 Å². The van der Waals surface area contributed by atoms with Gasteiger partial charge in [-0.1, -0.05) is 109 Å². The Morgan fingerprint density at radius 3 is 0.783 bits per heavy atom. The Kier molecular flexibility index (Phi) is 31.1. The summed E-state index contributed by atoms with van der Waals surface area (Å²) in [6.45, 7) is 28.5. The van der Waals surface area contributed by atoms with Crippen molar-refractivity contribution in [3.8, 4) is 23.0 Å². The van der Waals surface area contributed by atoms with Gasteiger partial charge in [-0.25, -0.2) is 24.0 Å². The van der Waals surface area contributed by atoms with E-state index in [1.54, 1.807) is 0 Å². The number of esters is 5. The van der Waals surface area contributed by atoms with E-state index in [1.807, 2.05) is 97.1 Å². The molecule has 6 N–H and O–H groups in total. The summed E-state index contributed by atoms with van der Waals surface area (Å²) in [5, 5.41) is 56.7. The van der Waals surface area contributed by atoms with Gasteiger partial charge in [-0.15, -0.1) is 0 Å². The lowest BCUT2D eigenvalue weighted by atomic mass is 9.78. The van der Waals surface area contributed by atoms with E-state index >= 15 is 0 Å². The van der Waals surface area contributed by atoms with E-state index in [1.165, 1.54) is 20.8 Å². The minimum Gasteiger partial charge on any atom is -0.491 e. The van der Waals surface area contributed by atoms with E-state index in [9.17, 15) is 44.4 Å². The lowest BCUT2D eigenvalue weighted by Gasteiger charge is -2.26. The maximum absolute atomic E-state index is 11.4. The Morgan fingerprint density at radius 1 is 0.386 bits per heavy atom. The van der Waals surface area contributed by atoms with Crippen molar-refractivity contribution in [1.29, 1.82) is 0 Å². The summed E-state index contributed by atoms with van der Waals surface area (Å²) >= 11 is 0. The number of benzene rings is 4. The molecule has 4 aromatic carbocycles. The highest BCUT2D eigenvalue weighted by molar-refractivity contribution is 5.87. The molecule has 5 unspecified atom stereocenters. The van der Waals surface area contributed by atoms with Gasteiger partial charge in [-0.3, -0.25) is 0 Å². The van der Waals surface area contributed by atoms with Crippen LogP contribution in [0, 0.1) is 0 Å². The molecule has 0 spiro atoms. The maximum Gasteiger partial charge on any atom is 0.333 e. The summed E-state index contributed by atoms with van der Waals surface area (Å²) in [6.07, 6.45) is -2.73. The minimum absolute atomic E-state index is 0.0139. The fraction of sp³-hybridized carbons (Fsp3) is 0.381. The molecule has 5 atom stereocenters. The SMILES string of the molecule is C=C(C)C(=O)OCC(O)CO.C=C(C)C(=O)OCC(O)COc1ccc(C(C)(C)c2ccc(OCC(O)COC(=O)C(=C)C)cc2)cc1.C=CC(=O)OCC(O)COc1ccc(C(C)(C)c2ccc(OCC(O)COC(=O)C=C)cc2)cc1. The van der Waals surface area contributed by atoms with E-state index in [0.717, 1.165) is 34.4 Å². The summed E-state index contributed by atoms with van der Waals surface area (Å²) in [5.41, 5.74) is 4.40. The average Bonchev–Trinajstić information content (AvgIpc) is 3.67. The van der Waals surface area contributed by atoms with Crippen LogP contribution in [0.25, 0.3) is 0 Å². The zero-order valence-corrected chi connectivity index (χ0v) is 48.3. The van der Waals surface area contributed by atoms with Crippen LogP contribution in [0.4, 0.5) is 0 Å². The molecule has 0 aliphatic heterocycles. The smallest absolute Gasteiger partial charge is 0.333 e. The van der Waals surface area contributed by atoms with Crippen LogP contribution in [0.15, 0.2) is 159 Å². The fourth-order valence-corrected chi connectivity index (χ4v) is 6.58. The Hall–Kier alpha value is -8.11. The van der Waals surface area contributed by atoms with Gasteiger partial charge in [0.05, 0.1) is 6.61 Å². The molecule has 83 heavy (non-hydrogen) atoms. The van der Waals surface area contributed by atoms with Crippen LogP contribution in [-0.4, -0.2) is 157 Å². The standard InChI is InChI=1S/C29H36O8.C27H32O8.C7H12O4/c1-19(2)27(32)36-17-23(30)15-34-25-11-7-21(8-12-25)29(5,6)22-9-13-26(14-10-22)35-16-24(31)18-37-28(33)20(3)4;1-5-25(30)34-17-21(28)15-32-23-11-7-19(8-12-23)27(3,4)20-9-13-24(14-10-20)33-16-22(29)18-35-26(31)6-2;1-5(2)7(10)11-4-6(9)3-8/h7-14,23-24,30-31H,1,3,15-18H2,2,4-6H3;5-14,21-22,28-29H,1-2,15-18H2,3-4H3;6,8-9H,1,3-4H2,2H3. The van der Waals surface area contributed by atoms with Crippen LogP contribution >= 0.6 is 0 Å². The van der Waals surface area contributed by atoms with Crippen molar-refractivity contribution in [3.63, 3.8) is 0 Å². The third kappa shape index (κ3) is 27.0. The van der Waals surface area contributed by atoms with Gasteiger partial charge in [0.25, 0.3) is 0 Å². The minimum atomic E-state index is -1.00. The maximum atomic E-state index is 11.4. The molecule has 0 heterocycles. The Labute approximate surface area is 485 Å². The molecular formula is C63H80O20. The zero-order chi connectivity index (χ0) is 62.3. The number of ether oxygens (including phenoxy) is 9. The molecule has 20 nitrogen and oxygen atoms in total. The summed E-state index contributed by atoms with van der Waals surface area (Å²) in [5.74, 6) is -0.522. The summed E-state index contributed by atoms with van der Waals surface area (Å²) in [4.78, 5) is 55.5. The van der Waals surface area contributed by atoms with Crippen molar-refractivity contribution < 1.29 is 97.2 Å². The highest BCUT2D eigenvalue weighted by atomic mass is 16.6. The summed E-state index contributed by atoms with van der Waals surface area (Å²) in [7, 11) is 0. The molecular weight excluding hydrogens is 1080 g/mol. The second kappa shape index (κ2) is 36.4. The number of carbonyl (C=O) groups excluding carboxylic acids is 5. The molecule has 4 aromatic rings. The molecule has 0 bridgehead atoms. The predicted octanol–water partition coefficient (Wildman–Crippen LogP) is 6.14. The Bertz CT molecular complexity index is 2550. The van der Waals surface area contributed by atoms with Gasteiger partial charge in [-0.05, 0) is 91.6 Å². The van der Waals surface area contributed by atoms with Crippen molar-refractivity contribution in [2.75, 3.05) is 66.1 Å². The number of hydrogen-bond donors (Lipinski definition) is 6. The lowest BCUT2D eigenvalue weighted by molar-refractivity contribution is -0.143. The first-order valence-electron chi connectivity index (χ1n) is 26.1. The molecule has 0 aromatic heterocycles. The number of hydrogen-bond acceptors (Lipinski definition) is 20. The van der Waals surface area contributed by atoms with E-state index < -0.39 is 67.0 Å². The molecule has 0 aliphatic rings. The highest BCUT2D eigenvalue weighted by Gasteiger charge is 2.25. The van der Waals surface area contributed by atoms with Gasteiger partial charge in [0.1, 0.15) is 113 Å². The molecule has 0 radical (unpaired) electrons. The van der Waals surface area contributed by atoms with Crippen LogP contribution in [0.1, 0.15) is 70.7 Å². The van der Waals surface area contributed by atoms with Crippen molar-refractivity contribution >= 4 is 29.8 Å². The molecule has 0 aliphatic carbocycles. The van der Waals surface area contributed by atoms with Crippen molar-refractivity contribution in [1.82, 2.24) is 0 Å². The lowest BCUT2D eigenvalue weighted by Crippen LogP contribution is -2.25. The highest BCUT2D eigenvalue weighted by Crippen LogP contribution is 2.35. The van der Waals surface area contributed by atoms with Crippen LogP contribution < -0.4 is 18.9 Å². The molecule has 0 saturated heterocycles. The summed E-state index contributed by atoms with van der Waals surface area (Å²) in [6, 6.07) is 30.2. The van der Waals surface area contributed by atoms with Crippen molar-refractivity contribution in [3.05, 3.63) is 181 Å². The molecule has 0 saturated carbocycles. The first-order valence-corrected chi connectivity index (χ1v) is 26.1. The number of rotatable bonds is 32. The summed E-state index contributed by atoms with van der Waals surface area (Å²) < 4.78 is 46.3. The molecule has 0 fully saturated rings. The quantitative estimate of drug-likeness (QED) is 0.0182. The number of aliphatic hydroxyl groups is 6. The molecule has 20 heteroatoms. The number of aliphatic hydroxyl groups excluding tert-OH is 6. The first-order chi connectivity index (χ1) is 39.1. The topological polar surface area (TPSA) is 290 Å². The largest absolute Gasteiger partial charge is 0.491 e. The second-order valence-electron chi connectivity index (χ2n) is 19.8. The van der Waals surface area contributed by atoms with Gasteiger partial charge in [0, 0.05) is 39.7 Å². The van der Waals surface area contributed by atoms with Crippen LogP contribution in [0.2, 0.25) is 0 Å². The molecule has 452 valence electrons. The molecule has 0 amide bonds. The monoisotopic (exact) mass is 1160 g/mol. The predicted molar refractivity (Wildman–Crippen MR) is 309 cm³/mol. The van der Waals surface area contributed by atoms with Gasteiger partial charge in [0.2, 0.25) is 0 Å². The average molecular weight is 1160 g/mol. The molecule has 4 rings (SSSR count). The van der Waals surface area contributed by atoms with Crippen LogP contribution in [-0.2, 0) is 58.5 Å². The second-order valence-corrected chi connectivity index (χ2v) is 19.8. The third-order valence-electron chi connectivity index (χ3n) is 11.7. The van der Waals surface area contributed by atoms with Crippen molar-refractivity contribution in [2.24, 2.45) is 0 Å². The van der Waals surface area contributed by atoms with Gasteiger partial charge in [-0.2, -0.15) is 0 Å². The van der Waals surface area contributed by atoms with Gasteiger partial charge < -0.3 is 73.3 Å². The van der Waals surface area contributed by atoms with Gasteiger partial charge in [0.15, 0.2) is 0 Å². The van der Waals surface area contributed by atoms with E-state index in [4.69, 9.17) is 48.1 Å². The normalized spacial score (nSPS) is 12.6. The fourth-order valence-electron chi connectivity index (χ4n) is 6.58. The first kappa shape index (κ1) is 71.0. The zero-order valence-electron chi connectivity index (χ0n) is 48.3. The van der Waals surface area contributed by atoms with Crippen LogP contribution in [0.5, 0.6) is 23.0 Å². The van der Waals surface area contributed by atoms with E-state index in [-0.39, 0.29) is 87.0 Å². The number of carbonyl (C=O) groups is 5. The Morgan fingerprint density at radius 2 is 0.590 bits per heavy atom.